The Kier molecular flexibility index (Phi) is 5.17. The predicted molar refractivity (Wildman–Crippen MR) is 87.3 cm³/mol. The minimum absolute atomic E-state index is 0.476. The molecule has 0 amide bonds. The lowest BCUT2D eigenvalue weighted by molar-refractivity contribution is 0.577. The average Bonchev–Trinajstić information content (AvgIpc) is 2.40. The Morgan fingerprint density at radius 2 is 1.79 bits per heavy atom. The van der Waals surface area contributed by atoms with E-state index in [1.54, 1.807) is 0 Å². The summed E-state index contributed by atoms with van der Waals surface area (Å²) in [6, 6.07) is 9.59. The number of thioether (sulfide) groups is 1. The Morgan fingerprint density at radius 1 is 1.21 bits per heavy atom. The van der Waals surface area contributed by atoms with Gasteiger partial charge in [-0.3, -0.25) is 0 Å². The van der Waals surface area contributed by atoms with E-state index in [0.29, 0.717) is 6.04 Å². The van der Waals surface area contributed by atoms with Crippen LogP contribution in [0.25, 0.3) is 0 Å². The molecule has 3 atom stereocenters. The zero-order valence-electron chi connectivity index (χ0n) is 12.5. The number of benzene rings is 1. The molecule has 2 rings (SSSR count). The molecule has 0 aliphatic carbocycles. The molecule has 19 heavy (non-hydrogen) atoms. The highest BCUT2D eigenvalue weighted by Gasteiger charge is 2.22. The van der Waals surface area contributed by atoms with E-state index in [2.05, 4.69) is 67.0 Å². The molecular formula is C16H26N2S. The third kappa shape index (κ3) is 3.67. The second kappa shape index (κ2) is 6.67. The molecule has 1 N–H and O–H groups in total. The van der Waals surface area contributed by atoms with Crippen molar-refractivity contribution < 1.29 is 0 Å². The number of anilines is 1. The van der Waals surface area contributed by atoms with Crippen LogP contribution in [-0.2, 0) is 0 Å². The van der Waals surface area contributed by atoms with Crippen LogP contribution >= 0.6 is 11.8 Å². The van der Waals surface area contributed by atoms with Gasteiger partial charge in [0, 0.05) is 35.3 Å². The lowest BCUT2D eigenvalue weighted by atomic mass is 10.0. The van der Waals surface area contributed by atoms with Crippen LogP contribution in [0.5, 0.6) is 0 Å². The fraction of sp³-hybridized carbons (Fsp3) is 0.625. The molecule has 0 bridgehead atoms. The SMILES string of the molecule is CCC(NC)c1ccc(N2CC(C)SC(C)C2)cc1. The van der Waals surface area contributed by atoms with E-state index in [1.807, 2.05) is 7.05 Å². The van der Waals surface area contributed by atoms with Gasteiger partial charge in [0.25, 0.3) is 0 Å². The van der Waals surface area contributed by atoms with E-state index >= 15 is 0 Å². The van der Waals surface area contributed by atoms with Crippen molar-refractivity contribution >= 4 is 17.4 Å². The smallest absolute Gasteiger partial charge is 0.0367 e. The lowest BCUT2D eigenvalue weighted by Gasteiger charge is -2.36. The average molecular weight is 278 g/mol. The van der Waals surface area contributed by atoms with Gasteiger partial charge in [0.1, 0.15) is 0 Å². The molecule has 1 aromatic rings. The van der Waals surface area contributed by atoms with E-state index in [-0.39, 0.29) is 0 Å². The van der Waals surface area contributed by atoms with Crippen LogP contribution in [0, 0.1) is 0 Å². The molecule has 106 valence electrons. The van der Waals surface area contributed by atoms with Crippen molar-refractivity contribution in [3.8, 4) is 0 Å². The number of hydrogen-bond acceptors (Lipinski definition) is 3. The molecule has 0 spiro atoms. The van der Waals surface area contributed by atoms with Crippen LogP contribution < -0.4 is 10.2 Å². The standard InChI is InChI=1S/C16H26N2S/c1-5-16(17-4)14-6-8-15(9-7-14)18-10-12(2)19-13(3)11-18/h6-9,12-13,16-17H,5,10-11H2,1-4H3. The monoisotopic (exact) mass is 278 g/mol. The second-order valence-electron chi connectivity index (χ2n) is 5.50. The van der Waals surface area contributed by atoms with Gasteiger partial charge in [0.05, 0.1) is 0 Å². The van der Waals surface area contributed by atoms with E-state index in [1.165, 1.54) is 11.3 Å². The molecule has 1 heterocycles. The van der Waals surface area contributed by atoms with E-state index in [9.17, 15) is 0 Å². The fourth-order valence-corrected chi connectivity index (χ4v) is 4.24. The number of nitrogens with one attached hydrogen (secondary N) is 1. The summed E-state index contributed by atoms with van der Waals surface area (Å²) < 4.78 is 0. The normalized spacial score (nSPS) is 25.4. The molecule has 1 aromatic carbocycles. The summed E-state index contributed by atoms with van der Waals surface area (Å²) in [4.78, 5) is 2.52. The quantitative estimate of drug-likeness (QED) is 0.904. The molecule has 1 aliphatic rings. The predicted octanol–water partition coefficient (Wildman–Crippen LogP) is 3.69. The minimum Gasteiger partial charge on any atom is -0.369 e. The molecule has 3 unspecified atom stereocenters. The lowest BCUT2D eigenvalue weighted by Crippen LogP contribution is -2.40. The first kappa shape index (κ1) is 14.7. The van der Waals surface area contributed by atoms with Crippen LogP contribution in [-0.4, -0.2) is 30.6 Å². The zero-order chi connectivity index (χ0) is 13.8. The molecule has 2 nitrogen and oxygen atoms in total. The number of nitrogens with zero attached hydrogens (tertiary/aromatic N) is 1. The van der Waals surface area contributed by atoms with Gasteiger partial charge < -0.3 is 10.2 Å². The van der Waals surface area contributed by atoms with Crippen molar-refractivity contribution in [1.29, 1.82) is 0 Å². The van der Waals surface area contributed by atoms with Crippen LogP contribution in [0.2, 0.25) is 0 Å². The van der Waals surface area contributed by atoms with E-state index in [0.717, 1.165) is 30.0 Å². The van der Waals surface area contributed by atoms with Crippen LogP contribution in [0.1, 0.15) is 38.8 Å². The van der Waals surface area contributed by atoms with Gasteiger partial charge in [-0.1, -0.05) is 32.9 Å². The van der Waals surface area contributed by atoms with Crippen LogP contribution in [0.15, 0.2) is 24.3 Å². The van der Waals surface area contributed by atoms with Crippen LogP contribution in [0.3, 0.4) is 0 Å². The first-order chi connectivity index (χ1) is 9.13. The Bertz CT molecular complexity index is 376. The topological polar surface area (TPSA) is 15.3 Å². The van der Waals surface area contributed by atoms with Gasteiger partial charge in [0.2, 0.25) is 0 Å². The summed E-state index contributed by atoms with van der Waals surface area (Å²) in [5.74, 6) is 0. The Balaban J connectivity index is 2.09. The third-order valence-corrected chi connectivity index (χ3v) is 5.06. The molecule has 0 aromatic heterocycles. The van der Waals surface area contributed by atoms with Crippen LogP contribution in [0.4, 0.5) is 5.69 Å². The van der Waals surface area contributed by atoms with Gasteiger partial charge >= 0.3 is 0 Å². The van der Waals surface area contributed by atoms with Gasteiger partial charge in [-0.25, -0.2) is 0 Å². The van der Waals surface area contributed by atoms with Crippen molar-refractivity contribution in [2.45, 2.75) is 43.7 Å². The maximum absolute atomic E-state index is 3.36. The molecule has 0 saturated carbocycles. The van der Waals surface area contributed by atoms with Crippen molar-refractivity contribution in [2.24, 2.45) is 0 Å². The molecular weight excluding hydrogens is 252 g/mol. The zero-order valence-corrected chi connectivity index (χ0v) is 13.3. The summed E-state index contributed by atoms with van der Waals surface area (Å²) >= 11 is 2.10. The fourth-order valence-electron chi connectivity index (χ4n) is 2.91. The van der Waals surface area contributed by atoms with Crippen molar-refractivity contribution in [2.75, 3.05) is 25.0 Å². The van der Waals surface area contributed by atoms with Gasteiger partial charge in [0.15, 0.2) is 0 Å². The largest absolute Gasteiger partial charge is 0.369 e. The van der Waals surface area contributed by atoms with Crippen molar-refractivity contribution in [3.63, 3.8) is 0 Å². The van der Waals surface area contributed by atoms with Crippen molar-refractivity contribution in [1.82, 2.24) is 5.32 Å². The molecule has 1 aliphatic heterocycles. The maximum atomic E-state index is 3.36. The third-order valence-electron chi connectivity index (χ3n) is 3.84. The first-order valence-corrected chi connectivity index (χ1v) is 8.26. The summed E-state index contributed by atoms with van der Waals surface area (Å²) in [5, 5.41) is 4.82. The Labute approximate surface area is 122 Å². The second-order valence-corrected chi connectivity index (χ2v) is 7.38. The van der Waals surface area contributed by atoms with E-state index in [4.69, 9.17) is 0 Å². The number of rotatable bonds is 4. The minimum atomic E-state index is 0.476. The summed E-state index contributed by atoms with van der Waals surface area (Å²) in [7, 11) is 2.04. The van der Waals surface area contributed by atoms with Gasteiger partial charge in [-0.05, 0) is 31.2 Å². The molecule has 3 heteroatoms. The van der Waals surface area contributed by atoms with E-state index < -0.39 is 0 Å². The molecule has 1 fully saturated rings. The van der Waals surface area contributed by atoms with Gasteiger partial charge in [-0.15, -0.1) is 0 Å². The highest BCUT2D eigenvalue weighted by molar-refractivity contribution is 8.00. The highest BCUT2D eigenvalue weighted by atomic mass is 32.2. The summed E-state index contributed by atoms with van der Waals surface area (Å²) in [5.41, 5.74) is 2.76. The van der Waals surface area contributed by atoms with Gasteiger partial charge in [-0.2, -0.15) is 11.8 Å². The molecule has 1 saturated heterocycles. The van der Waals surface area contributed by atoms with Crippen molar-refractivity contribution in [3.05, 3.63) is 29.8 Å². The maximum Gasteiger partial charge on any atom is 0.0367 e. The summed E-state index contributed by atoms with van der Waals surface area (Å²) in [6.45, 7) is 9.21. The molecule has 0 radical (unpaired) electrons. The first-order valence-electron chi connectivity index (χ1n) is 7.31. The highest BCUT2D eigenvalue weighted by Crippen LogP contribution is 2.29. The summed E-state index contributed by atoms with van der Waals surface area (Å²) in [6.07, 6.45) is 1.13. The Morgan fingerprint density at radius 3 is 2.26 bits per heavy atom. The number of hydrogen-bond donors (Lipinski definition) is 1. The Hall–Kier alpha value is -0.670.